The largest absolute Gasteiger partial charge is 0.497 e. The van der Waals surface area contributed by atoms with Crippen LogP contribution in [0.1, 0.15) is 22.3 Å². The minimum Gasteiger partial charge on any atom is -0.497 e. The molecule has 0 spiro atoms. The summed E-state index contributed by atoms with van der Waals surface area (Å²) in [7, 11) is 1.47. The second-order valence-electron chi connectivity index (χ2n) is 5.73. The highest BCUT2D eigenvalue weighted by Gasteiger charge is 2.27. The Bertz CT molecular complexity index is 838. The van der Waals surface area contributed by atoms with E-state index in [2.05, 4.69) is 0 Å². The fourth-order valence-electron chi connectivity index (χ4n) is 2.88. The van der Waals surface area contributed by atoms with Crippen LogP contribution in [0.25, 0.3) is 11.1 Å². The lowest BCUT2D eigenvalue weighted by atomic mass is 10.00. The van der Waals surface area contributed by atoms with Gasteiger partial charge < -0.3 is 9.64 Å². The number of amides is 2. The average Bonchev–Trinajstić information content (AvgIpc) is 2.94. The molecule has 1 aliphatic heterocycles. The average molecular weight is 344 g/mol. The van der Waals surface area contributed by atoms with Crippen LogP contribution in [0.2, 0.25) is 0 Å². The van der Waals surface area contributed by atoms with Crippen LogP contribution in [0.5, 0.6) is 5.75 Å². The summed E-state index contributed by atoms with van der Waals surface area (Å²) >= 11 is 0. The lowest BCUT2D eigenvalue weighted by Gasteiger charge is -2.14. The van der Waals surface area contributed by atoms with Crippen molar-refractivity contribution >= 4 is 11.8 Å². The number of carbonyl (C=O) groups excluding carboxylic acids is 2. The van der Waals surface area contributed by atoms with Gasteiger partial charge in [-0.1, -0.05) is 6.07 Å². The zero-order valence-corrected chi connectivity index (χ0v) is 13.6. The van der Waals surface area contributed by atoms with Crippen molar-refractivity contribution in [1.82, 2.24) is 10.4 Å². The van der Waals surface area contributed by atoms with Crippen LogP contribution in [-0.4, -0.2) is 35.6 Å². The van der Waals surface area contributed by atoms with E-state index < -0.39 is 11.7 Å². The number of halogens is 1. The molecule has 0 saturated carbocycles. The molecule has 0 saturated heterocycles. The van der Waals surface area contributed by atoms with Crippen molar-refractivity contribution in [2.45, 2.75) is 13.0 Å². The number of benzene rings is 2. The molecule has 2 aromatic carbocycles. The van der Waals surface area contributed by atoms with Crippen molar-refractivity contribution in [2.24, 2.45) is 0 Å². The second kappa shape index (κ2) is 6.90. The van der Waals surface area contributed by atoms with Crippen LogP contribution in [0.4, 0.5) is 4.39 Å². The predicted octanol–water partition coefficient (Wildman–Crippen LogP) is 2.35. The Hall–Kier alpha value is -2.93. The molecular formula is C18H17FN2O4. The molecule has 0 radical (unpaired) electrons. The Morgan fingerprint density at radius 3 is 2.72 bits per heavy atom. The molecule has 0 fully saturated rings. The van der Waals surface area contributed by atoms with Crippen LogP contribution in [-0.2, 0) is 11.3 Å². The molecule has 0 aromatic heterocycles. The Balaban J connectivity index is 1.83. The van der Waals surface area contributed by atoms with E-state index in [1.807, 2.05) is 0 Å². The first-order valence-electron chi connectivity index (χ1n) is 7.72. The van der Waals surface area contributed by atoms with E-state index in [9.17, 15) is 14.0 Å². The van der Waals surface area contributed by atoms with Gasteiger partial charge >= 0.3 is 0 Å². The van der Waals surface area contributed by atoms with Crippen molar-refractivity contribution in [3.63, 3.8) is 0 Å². The highest BCUT2D eigenvalue weighted by Crippen LogP contribution is 2.31. The lowest BCUT2D eigenvalue weighted by Crippen LogP contribution is -2.29. The molecule has 7 heteroatoms. The summed E-state index contributed by atoms with van der Waals surface area (Å²) in [6, 6.07) is 9.78. The number of ether oxygens (including phenoxy) is 1. The third-order valence-corrected chi connectivity index (χ3v) is 4.20. The molecule has 0 unspecified atom stereocenters. The number of nitrogens with zero attached hydrogens (tertiary/aromatic N) is 1. The predicted molar refractivity (Wildman–Crippen MR) is 87.7 cm³/mol. The molecule has 2 aromatic rings. The zero-order valence-electron chi connectivity index (χ0n) is 13.6. The smallest absolute Gasteiger partial charge is 0.254 e. The summed E-state index contributed by atoms with van der Waals surface area (Å²) in [5, 5.41) is 8.53. The summed E-state index contributed by atoms with van der Waals surface area (Å²) in [6.07, 6.45) is 0.0101. The molecular weight excluding hydrogens is 327 g/mol. The SMILES string of the molecule is COc1ccc(-c2ccc3c(c2)CN(CCC(=O)NO)C3=O)c(F)c1. The number of hydroxylamine groups is 1. The van der Waals surface area contributed by atoms with E-state index in [-0.39, 0.29) is 18.9 Å². The van der Waals surface area contributed by atoms with Gasteiger partial charge in [-0.3, -0.25) is 14.8 Å². The zero-order chi connectivity index (χ0) is 18.0. The van der Waals surface area contributed by atoms with Crippen molar-refractivity contribution in [2.75, 3.05) is 13.7 Å². The highest BCUT2D eigenvalue weighted by molar-refractivity contribution is 5.99. The number of hydrogen-bond donors (Lipinski definition) is 2. The topological polar surface area (TPSA) is 78.9 Å². The Kier molecular flexibility index (Phi) is 4.67. The van der Waals surface area contributed by atoms with Gasteiger partial charge in [0, 0.05) is 36.7 Å². The Morgan fingerprint density at radius 2 is 2.04 bits per heavy atom. The van der Waals surface area contributed by atoms with Crippen molar-refractivity contribution in [3.8, 4) is 16.9 Å². The molecule has 0 bridgehead atoms. The number of rotatable bonds is 5. The first-order valence-corrected chi connectivity index (χ1v) is 7.72. The summed E-state index contributed by atoms with van der Waals surface area (Å²) < 4.78 is 19.3. The second-order valence-corrected chi connectivity index (χ2v) is 5.73. The maximum Gasteiger partial charge on any atom is 0.254 e. The molecule has 25 heavy (non-hydrogen) atoms. The van der Waals surface area contributed by atoms with Crippen LogP contribution in [0.3, 0.4) is 0 Å². The Morgan fingerprint density at radius 1 is 1.28 bits per heavy atom. The summed E-state index contributed by atoms with van der Waals surface area (Å²) in [5.41, 5.74) is 3.96. The molecule has 6 nitrogen and oxygen atoms in total. The number of fused-ring (bicyclic) bond motifs is 1. The molecule has 0 atom stereocenters. The van der Waals surface area contributed by atoms with Gasteiger partial charge in [0.1, 0.15) is 11.6 Å². The van der Waals surface area contributed by atoms with E-state index in [1.54, 1.807) is 35.8 Å². The minimum atomic E-state index is -0.551. The first-order chi connectivity index (χ1) is 12.0. The van der Waals surface area contributed by atoms with Gasteiger partial charge in [-0.25, -0.2) is 9.87 Å². The lowest BCUT2D eigenvalue weighted by molar-refractivity contribution is -0.129. The van der Waals surface area contributed by atoms with Crippen molar-refractivity contribution in [1.29, 1.82) is 0 Å². The van der Waals surface area contributed by atoms with Gasteiger partial charge in [-0.2, -0.15) is 0 Å². The van der Waals surface area contributed by atoms with Gasteiger partial charge in [0.2, 0.25) is 5.91 Å². The maximum absolute atomic E-state index is 14.3. The van der Waals surface area contributed by atoms with E-state index in [0.717, 1.165) is 5.56 Å². The van der Waals surface area contributed by atoms with Crippen LogP contribution in [0, 0.1) is 5.82 Å². The number of hydrogen-bond acceptors (Lipinski definition) is 4. The van der Waals surface area contributed by atoms with Gasteiger partial charge in [-0.05, 0) is 35.4 Å². The number of methoxy groups -OCH3 is 1. The van der Waals surface area contributed by atoms with E-state index in [1.165, 1.54) is 18.1 Å². The molecule has 1 heterocycles. The van der Waals surface area contributed by atoms with Crippen LogP contribution in [0.15, 0.2) is 36.4 Å². The fourth-order valence-corrected chi connectivity index (χ4v) is 2.88. The fraction of sp³-hybridized carbons (Fsp3) is 0.222. The molecule has 2 N–H and O–H groups in total. The summed E-state index contributed by atoms with van der Waals surface area (Å²) in [4.78, 5) is 25.0. The first kappa shape index (κ1) is 16.9. The highest BCUT2D eigenvalue weighted by atomic mass is 19.1. The third-order valence-electron chi connectivity index (χ3n) is 4.20. The van der Waals surface area contributed by atoms with Gasteiger partial charge in [0.05, 0.1) is 7.11 Å². The minimum absolute atomic E-state index is 0.0101. The quantitative estimate of drug-likeness (QED) is 0.645. The molecule has 130 valence electrons. The summed E-state index contributed by atoms with van der Waals surface area (Å²) in [6.45, 7) is 0.546. The molecule has 1 aliphatic rings. The van der Waals surface area contributed by atoms with E-state index in [4.69, 9.17) is 9.94 Å². The summed E-state index contributed by atoms with van der Waals surface area (Å²) in [5.74, 6) is -0.696. The number of carbonyl (C=O) groups is 2. The van der Waals surface area contributed by atoms with Gasteiger partial charge in [-0.15, -0.1) is 0 Å². The molecule has 3 rings (SSSR count). The van der Waals surface area contributed by atoms with E-state index in [0.29, 0.717) is 29.0 Å². The third kappa shape index (κ3) is 3.32. The molecule has 2 amide bonds. The Labute approximate surface area is 143 Å². The van der Waals surface area contributed by atoms with Gasteiger partial charge in [0.25, 0.3) is 5.91 Å². The number of nitrogens with one attached hydrogen (secondary N) is 1. The van der Waals surface area contributed by atoms with Crippen LogP contribution < -0.4 is 10.2 Å². The standard InChI is InChI=1S/C18H17FN2O4/c1-25-13-3-5-14(16(19)9-13)11-2-4-15-12(8-11)10-21(18(15)23)7-6-17(22)20-24/h2-5,8-9,24H,6-7,10H2,1H3,(H,20,22). The van der Waals surface area contributed by atoms with Crippen molar-refractivity contribution < 1.29 is 23.9 Å². The monoisotopic (exact) mass is 344 g/mol. The maximum atomic E-state index is 14.3. The normalized spacial score (nSPS) is 12.9. The van der Waals surface area contributed by atoms with Crippen LogP contribution >= 0.6 is 0 Å². The van der Waals surface area contributed by atoms with E-state index >= 15 is 0 Å². The molecule has 0 aliphatic carbocycles. The van der Waals surface area contributed by atoms with Gasteiger partial charge in [0.15, 0.2) is 0 Å². The van der Waals surface area contributed by atoms with Crippen molar-refractivity contribution in [3.05, 3.63) is 53.3 Å².